The van der Waals surface area contributed by atoms with Gasteiger partial charge in [-0.1, -0.05) is 30.3 Å². The molecule has 1 aromatic carbocycles. The van der Waals surface area contributed by atoms with Gasteiger partial charge in [-0.15, -0.1) is 0 Å². The molecule has 2 fully saturated rings. The largest absolute Gasteiger partial charge is 0.296 e. The van der Waals surface area contributed by atoms with Gasteiger partial charge >= 0.3 is 0 Å². The van der Waals surface area contributed by atoms with Crippen LogP contribution in [-0.2, 0) is 16.0 Å². The average molecular weight is 289 g/mol. The average Bonchev–Trinajstić information content (AvgIpc) is 2.45. The maximum Gasteiger partial charge on any atom is 0.230 e. The van der Waals surface area contributed by atoms with E-state index in [-0.39, 0.29) is 23.1 Å². The number of amides is 2. The topological polar surface area (TPSA) is 46.2 Å². The third kappa shape index (κ3) is 2.62. The third-order valence-electron chi connectivity index (χ3n) is 4.60. The van der Waals surface area contributed by atoms with Crippen molar-refractivity contribution in [1.29, 1.82) is 0 Å². The second kappa shape index (κ2) is 5.60. The van der Waals surface area contributed by atoms with Crippen LogP contribution in [0.5, 0.6) is 0 Å². The summed E-state index contributed by atoms with van der Waals surface area (Å²) in [5.41, 5.74) is 1.07. The van der Waals surface area contributed by atoms with Crippen LogP contribution in [-0.4, -0.2) is 23.3 Å². The first-order valence-corrected chi connectivity index (χ1v) is 8.30. The molecule has 4 heteroatoms. The van der Waals surface area contributed by atoms with E-state index in [9.17, 15) is 9.59 Å². The number of carbonyl (C=O) groups is 2. The van der Waals surface area contributed by atoms with Gasteiger partial charge in [-0.3, -0.25) is 14.9 Å². The fraction of sp³-hybridized carbons (Fsp3) is 0.500. The Kier molecular flexibility index (Phi) is 3.83. The molecule has 1 unspecified atom stereocenters. The SMILES string of the molecule is O=C1CC2(CCSCC2)C(Cc2ccccc2)C(=O)N1. The maximum absolute atomic E-state index is 12.3. The maximum atomic E-state index is 12.3. The predicted molar refractivity (Wildman–Crippen MR) is 80.4 cm³/mol. The molecule has 0 aromatic heterocycles. The van der Waals surface area contributed by atoms with Crippen LogP contribution in [0.2, 0.25) is 0 Å². The molecule has 2 aliphatic heterocycles. The van der Waals surface area contributed by atoms with Gasteiger partial charge in [0.1, 0.15) is 0 Å². The zero-order valence-electron chi connectivity index (χ0n) is 11.4. The van der Waals surface area contributed by atoms with E-state index < -0.39 is 0 Å². The van der Waals surface area contributed by atoms with Crippen molar-refractivity contribution in [1.82, 2.24) is 5.32 Å². The van der Waals surface area contributed by atoms with Crippen molar-refractivity contribution in [2.75, 3.05) is 11.5 Å². The van der Waals surface area contributed by atoms with Gasteiger partial charge in [-0.05, 0) is 41.7 Å². The monoisotopic (exact) mass is 289 g/mol. The number of carbonyl (C=O) groups excluding carboxylic acids is 2. The molecule has 2 saturated heterocycles. The zero-order valence-corrected chi connectivity index (χ0v) is 12.2. The Hall–Kier alpha value is -1.29. The molecule has 2 heterocycles. The minimum Gasteiger partial charge on any atom is -0.296 e. The van der Waals surface area contributed by atoms with Crippen LogP contribution >= 0.6 is 11.8 Å². The van der Waals surface area contributed by atoms with E-state index in [4.69, 9.17) is 0 Å². The van der Waals surface area contributed by atoms with Crippen LogP contribution in [0.3, 0.4) is 0 Å². The summed E-state index contributed by atoms with van der Waals surface area (Å²) >= 11 is 1.93. The van der Waals surface area contributed by atoms with Gasteiger partial charge in [0.05, 0.1) is 0 Å². The second-order valence-corrected chi connectivity index (χ2v) is 7.03. The molecule has 3 nitrogen and oxygen atoms in total. The number of imide groups is 1. The van der Waals surface area contributed by atoms with Crippen LogP contribution in [0.25, 0.3) is 0 Å². The first kappa shape index (κ1) is 13.7. The molecule has 0 bridgehead atoms. The van der Waals surface area contributed by atoms with Crippen molar-refractivity contribution in [3.63, 3.8) is 0 Å². The summed E-state index contributed by atoms with van der Waals surface area (Å²) in [6.07, 6.45) is 3.21. The Labute approximate surface area is 123 Å². The van der Waals surface area contributed by atoms with E-state index in [0.29, 0.717) is 6.42 Å². The molecule has 3 rings (SSSR count). The molecule has 1 spiro atoms. The third-order valence-corrected chi connectivity index (χ3v) is 5.59. The number of rotatable bonds is 2. The van der Waals surface area contributed by atoms with Gasteiger partial charge in [0, 0.05) is 12.3 Å². The van der Waals surface area contributed by atoms with Crippen molar-refractivity contribution in [3.05, 3.63) is 35.9 Å². The molecular weight excluding hydrogens is 270 g/mol. The molecule has 0 radical (unpaired) electrons. The van der Waals surface area contributed by atoms with Crippen LogP contribution in [0.4, 0.5) is 0 Å². The minimum absolute atomic E-state index is 0.0662. The molecule has 106 valence electrons. The van der Waals surface area contributed by atoms with Crippen molar-refractivity contribution >= 4 is 23.6 Å². The molecule has 20 heavy (non-hydrogen) atoms. The lowest BCUT2D eigenvalue weighted by atomic mass is 9.64. The Morgan fingerprint density at radius 3 is 2.55 bits per heavy atom. The van der Waals surface area contributed by atoms with E-state index in [1.54, 1.807) is 0 Å². The van der Waals surface area contributed by atoms with Crippen molar-refractivity contribution in [3.8, 4) is 0 Å². The lowest BCUT2D eigenvalue weighted by molar-refractivity contribution is -0.144. The van der Waals surface area contributed by atoms with Gasteiger partial charge in [0.2, 0.25) is 11.8 Å². The number of nitrogens with one attached hydrogen (secondary N) is 1. The highest BCUT2D eigenvalue weighted by Gasteiger charge is 2.48. The van der Waals surface area contributed by atoms with Crippen LogP contribution in [0.1, 0.15) is 24.8 Å². The van der Waals surface area contributed by atoms with Crippen molar-refractivity contribution < 1.29 is 9.59 Å². The normalized spacial score (nSPS) is 25.5. The van der Waals surface area contributed by atoms with E-state index in [1.165, 1.54) is 5.56 Å². The van der Waals surface area contributed by atoms with E-state index in [1.807, 2.05) is 30.0 Å². The first-order chi connectivity index (χ1) is 9.70. The highest BCUT2D eigenvalue weighted by molar-refractivity contribution is 7.99. The summed E-state index contributed by atoms with van der Waals surface area (Å²) in [6.45, 7) is 0. The fourth-order valence-electron chi connectivity index (χ4n) is 3.45. The molecular formula is C16H19NO2S. The summed E-state index contributed by atoms with van der Waals surface area (Å²) in [5, 5.41) is 2.54. The predicted octanol–water partition coefficient (Wildman–Crippen LogP) is 2.41. The number of hydrogen-bond acceptors (Lipinski definition) is 3. The Balaban J connectivity index is 1.87. The molecule has 2 amide bonds. The second-order valence-electron chi connectivity index (χ2n) is 5.81. The highest BCUT2D eigenvalue weighted by Crippen LogP contribution is 2.47. The lowest BCUT2D eigenvalue weighted by Gasteiger charge is -2.45. The van der Waals surface area contributed by atoms with Crippen LogP contribution in [0.15, 0.2) is 30.3 Å². The van der Waals surface area contributed by atoms with Crippen molar-refractivity contribution in [2.24, 2.45) is 11.3 Å². The van der Waals surface area contributed by atoms with E-state index in [0.717, 1.165) is 30.8 Å². The molecule has 1 N–H and O–H groups in total. The van der Waals surface area contributed by atoms with Gasteiger partial charge < -0.3 is 0 Å². The highest BCUT2D eigenvalue weighted by atomic mass is 32.2. The van der Waals surface area contributed by atoms with E-state index >= 15 is 0 Å². The fourth-order valence-corrected chi connectivity index (χ4v) is 4.76. The van der Waals surface area contributed by atoms with Gasteiger partial charge in [0.25, 0.3) is 0 Å². The number of benzene rings is 1. The van der Waals surface area contributed by atoms with Gasteiger partial charge in [0.15, 0.2) is 0 Å². The molecule has 1 atom stereocenters. The Morgan fingerprint density at radius 2 is 1.85 bits per heavy atom. The van der Waals surface area contributed by atoms with Gasteiger partial charge in [-0.25, -0.2) is 0 Å². The summed E-state index contributed by atoms with van der Waals surface area (Å²) in [6, 6.07) is 10.1. The summed E-state index contributed by atoms with van der Waals surface area (Å²) in [7, 11) is 0. The summed E-state index contributed by atoms with van der Waals surface area (Å²) in [4.78, 5) is 24.1. The quantitative estimate of drug-likeness (QED) is 0.850. The van der Waals surface area contributed by atoms with Crippen LogP contribution < -0.4 is 5.32 Å². The molecule has 0 aliphatic carbocycles. The standard InChI is InChI=1S/C16H19NO2S/c18-14-11-16(6-8-20-9-7-16)13(15(19)17-14)10-12-4-2-1-3-5-12/h1-5,13H,6-11H2,(H,17,18,19). The first-order valence-electron chi connectivity index (χ1n) is 7.15. The number of hydrogen-bond donors (Lipinski definition) is 1. The Morgan fingerprint density at radius 1 is 1.15 bits per heavy atom. The number of piperidine rings is 1. The smallest absolute Gasteiger partial charge is 0.230 e. The summed E-state index contributed by atoms with van der Waals surface area (Å²) < 4.78 is 0. The molecule has 1 aromatic rings. The van der Waals surface area contributed by atoms with Gasteiger partial charge in [-0.2, -0.15) is 11.8 Å². The number of thioether (sulfide) groups is 1. The lowest BCUT2D eigenvalue weighted by Crippen LogP contribution is -2.54. The van der Waals surface area contributed by atoms with E-state index in [2.05, 4.69) is 17.4 Å². The Bertz CT molecular complexity index is 508. The molecule has 2 aliphatic rings. The zero-order chi connectivity index (χ0) is 14.0. The van der Waals surface area contributed by atoms with Crippen molar-refractivity contribution in [2.45, 2.75) is 25.7 Å². The minimum atomic E-state index is -0.111. The summed E-state index contributed by atoms with van der Waals surface area (Å²) in [5.74, 6) is 1.89. The van der Waals surface area contributed by atoms with Crippen LogP contribution in [0, 0.1) is 11.3 Å². The molecule has 0 saturated carbocycles.